The van der Waals surface area contributed by atoms with E-state index < -0.39 is 0 Å². The number of hydrogen-bond donors (Lipinski definition) is 0. The Balaban J connectivity index is 1.84. The Kier molecular flexibility index (Phi) is 5.32. The average molecular weight is 357 g/mol. The van der Waals surface area contributed by atoms with Gasteiger partial charge in [-0.05, 0) is 38.0 Å². The third-order valence-corrected chi connectivity index (χ3v) is 5.17. The smallest absolute Gasteiger partial charge is 0.227 e. The number of morpholine rings is 1. The van der Waals surface area contributed by atoms with Crippen LogP contribution in [0.1, 0.15) is 34.1 Å². The van der Waals surface area contributed by atoms with Gasteiger partial charge in [-0.15, -0.1) is 0 Å². The third kappa shape index (κ3) is 3.46. The second kappa shape index (κ2) is 7.50. The summed E-state index contributed by atoms with van der Waals surface area (Å²) in [5.74, 6) is 0.916. The highest BCUT2D eigenvalue weighted by molar-refractivity contribution is 5.79. The fourth-order valence-corrected chi connectivity index (χ4v) is 3.66. The van der Waals surface area contributed by atoms with E-state index in [1.165, 1.54) is 0 Å². The van der Waals surface area contributed by atoms with E-state index in [1.807, 2.05) is 55.6 Å². The molecule has 1 aliphatic rings. The molecule has 0 spiro atoms. The summed E-state index contributed by atoms with van der Waals surface area (Å²) in [6.45, 7) is 7.70. The lowest BCUT2D eigenvalue weighted by molar-refractivity contribution is -0.139. The molecule has 6 nitrogen and oxygen atoms in total. The van der Waals surface area contributed by atoms with Crippen LogP contribution in [0.25, 0.3) is 0 Å². The Morgan fingerprint density at radius 1 is 1.35 bits per heavy atom. The van der Waals surface area contributed by atoms with Gasteiger partial charge in [0.15, 0.2) is 0 Å². The van der Waals surface area contributed by atoms with E-state index in [0.717, 1.165) is 33.8 Å². The number of carbonyl (C=O) groups excluding carboxylic acids is 1. The minimum atomic E-state index is -0.0858. The van der Waals surface area contributed by atoms with Gasteiger partial charge in [0.1, 0.15) is 5.75 Å². The maximum atomic E-state index is 13.1. The van der Waals surface area contributed by atoms with E-state index in [9.17, 15) is 4.79 Å². The van der Waals surface area contributed by atoms with Gasteiger partial charge in [0.05, 0.1) is 38.5 Å². The average Bonchev–Trinajstić information content (AvgIpc) is 2.88. The van der Waals surface area contributed by atoms with Crippen molar-refractivity contribution in [2.45, 2.75) is 33.2 Å². The Morgan fingerprint density at radius 2 is 2.12 bits per heavy atom. The van der Waals surface area contributed by atoms with Crippen molar-refractivity contribution in [1.82, 2.24) is 14.7 Å². The van der Waals surface area contributed by atoms with Crippen molar-refractivity contribution in [1.29, 1.82) is 0 Å². The standard InChI is InChI=1S/C20H27N3O3/c1-13-6-7-16(10-18(13)25-5)11-19(24)23-8-9-26-12-17(23)20-14(2)21-22(4)15(20)3/h6-7,10,17H,8-9,11-12H2,1-5H3/t17-/m0/s1. The molecule has 0 aliphatic carbocycles. The van der Waals surface area contributed by atoms with Crippen LogP contribution in [0.4, 0.5) is 0 Å². The number of aryl methyl sites for hydroxylation is 3. The zero-order valence-corrected chi connectivity index (χ0v) is 16.2. The molecular formula is C20H27N3O3. The number of nitrogens with zero attached hydrogens (tertiary/aromatic N) is 3. The van der Waals surface area contributed by atoms with Crippen molar-refractivity contribution in [2.24, 2.45) is 7.05 Å². The molecule has 1 fully saturated rings. The van der Waals surface area contributed by atoms with E-state index in [4.69, 9.17) is 9.47 Å². The number of rotatable bonds is 4. The Hall–Kier alpha value is -2.34. The van der Waals surface area contributed by atoms with Crippen LogP contribution in [0.2, 0.25) is 0 Å². The van der Waals surface area contributed by atoms with Crippen molar-refractivity contribution < 1.29 is 14.3 Å². The molecule has 26 heavy (non-hydrogen) atoms. The monoisotopic (exact) mass is 357 g/mol. The predicted octanol–water partition coefficient (Wildman–Crippen LogP) is 2.50. The summed E-state index contributed by atoms with van der Waals surface area (Å²) >= 11 is 0. The van der Waals surface area contributed by atoms with Gasteiger partial charge >= 0.3 is 0 Å². The molecule has 3 rings (SSSR count). The third-order valence-electron chi connectivity index (χ3n) is 5.17. The number of ether oxygens (including phenoxy) is 2. The zero-order chi connectivity index (χ0) is 18.8. The van der Waals surface area contributed by atoms with Crippen LogP contribution in [0.15, 0.2) is 18.2 Å². The molecule has 0 radical (unpaired) electrons. The summed E-state index contributed by atoms with van der Waals surface area (Å²) in [5.41, 5.74) is 5.15. The van der Waals surface area contributed by atoms with Crippen LogP contribution in [0.5, 0.6) is 5.75 Å². The van der Waals surface area contributed by atoms with E-state index in [-0.39, 0.29) is 11.9 Å². The molecule has 1 aromatic heterocycles. The van der Waals surface area contributed by atoms with Crippen LogP contribution in [-0.4, -0.2) is 47.5 Å². The quantitative estimate of drug-likeness (QED) is 0.844. The molecule has 140 valence electrons. The van der Waals surface area contributed by atoms with Crippen molar-refractivity contribution >= 4 is 5.91 Å². The van der Waals surface area contributed by atoms with Crippen LogP contribution >= 0.6 is 0 Å². The maximum absolute atomic E-state index is 13.1. The highest BCUT2D eigenvalue weighted by Crippen LogP contribution is 2.30. The first-order valence-electron chi connectivity index (χ1n) is 8.93. The number of hydrogen-bond acceptors (Lipinski definition) is 4. The summed E-state index contributed by atoms with van der Waals surface area (Å²) < 4.78 is 12.9. The maximum Gasteiger partial charge on any atom is 0.227 e. The fraction of sp³-hybridized carbons (Fsp3) is 0.500. The van der Waals surface area contributed by atoms with Crippen molar-refractivity contribution in [3.05, 3.63) is 46.3 Å². The number of amides is 1. The van der Waals surface area contributed by atoms with Crippen molar-refractivity contribution in [2.75, 3.05) is 26.9 Å². The van der Waals surface area contributed by atoms with Gasteiger partial charge in [0.2, 0.25) is 5.91 Å². The highest BCUT2D eigenvalue weighted by atomic mass is 16.5. The largest absolute Gasteiger partial charge is 0.496 e. The summed E-state index contributed by atoms with van der Waals surface area (Å²) in [7, 11) is 3.58. The first kappa shape index (κ1) is 18.5. The SMILES string of the molecule is COc1cc(CC(=O)N2CCOC[C@H]2c2c(C)nn(C)c2C)ccc1C. The van der Waals surface area contributed by atoms with Crippen molar-refractivity contribution in [3.63, 3.8) is 0 Å². The van der Waals surface area contributed by atoms with E-state index >= 15 is 0 Å². The molecule has 1 saturated heterocycles. The lowest BCUT2D eigenvalue weighted by atomic mass is 10.0. The zero-order valence-electron chi connectivity index (χ0n) is 16.2. The van der Waals surface area contributed by atoms with Crippen molar-refractivity contribution in [3.8, 4) is 5.75 Å². The van der Waals surface area contributed by atoms with Crippen LogP contribution in [-0.2, 0) is 23.0 Å². The molecule has 1 atom stereocenters. The molecule has 1 aromatic carbocycles. The molecule has 0 unspecified atom stereocenters. The van der Waals surface area contributed by atoms with Gasteiger partial charge in [-0.2, -0.15) is 5.10 Å². The molecule has 6 heteroatoms. The molecule has 1 aliphatic heterocycles. The number of carbonyl (C=O) groups is 1. The number of methoxy groups -OCH3 is 1. The minimum Gasteiger partial charge on any atom is -0.496 e. The molecule has 0 N–H and O–H groups in total. The Morgan fingerprint density at radius 3 is 2.77 bits per heavy atom. The molecule has 0 saturated carbocycles. The Labute approximate surface area is 154 Å². The first-order chi connectivity index (χ1) is 12.4. The highest BCUT2D eigenvalue weighted by Gasteiger charge is 2.32. The summed E-state index contributed by atoms with van der Waals surface area (Å²) in [6, 6.07) is 5.85. The molecular weight excluding hydrogens is 330 g/mol. The van der Waals surface area contributed by atoms with Gasteiger partial charge in [-0.25, -0.2) is 0 Å². The normalized spacial score (nSPS) is 17.4. The summed E-state index contributed by atoms with van der Waals surface area (Å²) in [6.07, 6.45) is 0.353. The summed E-state index contributed by atoms with van der Waals surface area (Å²) in [5, 5.41) is 4.50. The van der Waals surface area contributed by atoms with Crippen LogP contribution in [0.3, 0.4) is 0 Å². The first-order valence-corrected chi connectivity index (χ1v) is 8.93. The van der Waals surface area contributed by atoms with E-state index in [1.54, 1.807) is 7.11 Å². The molecule has 1 amide bonds. The van der Waals surface area contributed by atoms with Gasteiger partial charge in [0, 0.05) is 24.8 Å². The topological polar surface area (TPSA) is 56.6 Å². The lowest BCUT2D eigenvalue weighted by Gasteiger charge is -2.36. The second-order valence-corrected chi connectivity index (χ2v) is 6.87. The number of aromatic nitrogens is 2. The van der Waals surface area contributed by atoms with Gasteiger partial charge in [-0.3, -0.25) is 9.48 Å². The fourth-order valence-electron chi connectivity index (χ4n) is 3.66. The molecule has 2 heterocycles. The molecule has 2 aromatic rings. The lowest BCUT2D eigenvalue weighted by Crippen LogP contribution is -2.44. The van der Waals surface area contributed by atoms with Crippen LogP contribution < -0.4 is 4.74 Å². The number of benzene rings is 1. The Bertz CT molecular complexity index is 813. The molecule has 0 bridgehead atoms. The van der Waals surface area contributed by atoms with Gasteiger partial charge in [-0.1, -0.05) is 12.1 Å². The summed E-state index contributed by atoms with van der Waals surface area (Å²) in [4.78, 5) is 15.0. The van der Waals surface area contributed by atoms with Crippen LogP contribution in [0, 0.1) is 20.8 Å². The van der Waals surface area contributed by atoms with E-state index in [2.05, 4.69) is 5.10 Å². The van der Waals surface area contributed by atoms with Gasteiger partial charge < -0.3 is 14.4 Å². The van der Waals surface area contributed by atoms with Gasteiger partial charge in [0.25, 0.3) is 0 Å². The predicted molar refractivity (Wildman–Crippen MR) is 99.4 cm³/mol. The second-order valence-electron chi connectivity index (χ2n) is 6.87. The minimum absolute atomic E-state index is 0.0858. The van der Waals surface area contributed by atoms with E-state index in [0.29, 0.717) is 26.2 Å².